The number of hydrogen-bond donors (Lipinski definition) is 0. The minimum Gasteiger partial charge on any atom is -0.352 e. The van der Waals surface area contributed by atoms with Gasteiger partial charge in [-0.2, -0.15) is 5.26 Å². The van der Waals surface area contributed by atoms with Gasteiger partial charge < -0.3 is 4.90 Å². The Hall–Kier alpha value is -1.86. The average molecular weight is 328 g/mol. The van der Waals surface area contributed by atoms with Gasteiger partial charge in [-0.3, -0.25) is 0 Å². The van der Waals surface area contributed by atoms with Crippen molar-refractivity contribution >= 4 is 21.7 Å². The molecule has 20 heavy (non-hydrogen) atoms. The summed E-state index contributed by atoms with van der Waals surface area (Å²) >= 11 is 3.61. The molecular weight excluding hydrogens is 314 g/mol. The fourth-order valence-electron chi connectivity index (χ4n) is 2.57. The smallest absolute Gasteiger partial charge is 0.145 e. The van der Waals surface area contributed by atoms with E-state index in [-0.39, 0.29) is 0 Å². The summed E-state index contributed by atoms with van der Waals surface area (Å²) < 4.78 is 1.18. The molecule has 0 radical (unpaired) electrons. The van der Waals surface area contributed by atoms with Crippen LogP contribution in [0.15, 0.2) is 34.8 Å². The number of fused-ring (bicyclic) bond motifs is 1. The van der Waals surface area contributed by atoms with Crippen molar-refractivity contribution in [3.63, 3.8) is 0 Å². The lowest BCUT2D eigenvalue weighted by Gasteiger charge is -2.30. The van der Waals surface area contributed by atoms with Gasteiger partial charge in [0.25, 0.3) is 0 Å². The van der Waals surface area contributed by atoms with Gasteiger partial charge in [0.1, 0.15) is 17.6 Å². The Morgan fingerprint density at radius 3 is 2.95 bits per heavy atom. The van der Waals surface area contributed by atoms with Crippen LogP contribution in [0.3, 0.4) is 0 Å². The van der Waals surface area contributed by atoms with E-state index in [1.807, 2.05) is 19.1 Å². The van der Waals surface area contributed by atoms with E-state index in [4.69, 9.17) is 5.26 Å². The minimum absolute atomic E-state index is 0.516. The van der Waals surface area contributed by atoms with Crippen molar-refractivity contribution in [2.45, 2.75) is 19.9 Å². The van der Waals surface area contributed by atoms with Crippen LogP contribution in [0.2, 0.25) is 0 Å². The first kappa shape index (κ1) is 13.1. The SMILES string of the molecule is Cc1ccc(N2CCc3c(Br)cccc3C2)nc1C#N. The molecule has 0 aliphatic carbocycles. The minimum atomic E-state index is 0.516. The lowest BCUT2D eigenvalue weighted by Crippen LogP contribution is -2.31. The molecule has 2 aromatic rings. The van der Waals surface area contributed by atoms with Crippen LogP contribution in [-0.2, 0) is 13.0 Å². The molecule has 0 bridgehead atoms. The van der Waals surface area contributed by atoms with Crippen LogP contribution in [0.1, 0.15) is 22.4 Å². The maximum absolute atomic E-state index is 9.10. The van der Waals surface area contributed by atoms with Gasteiger partial charge >= 0.3 is 0 Å². The zero-order valence-electron chi connectivity index (χ0n) is 11.2. The van der Waals surface area contributed by atoms with Gasteiger partial charge in [-0.1, -0.05) is 34.1 Å². The van der Waals surface area contributed by atoms with Gasteiger partial charge in [0, 0.05) is 17.6 Å². The second-order valence-electron chi connectivity index (χ2n) is 5.00. The number of aromatic nitrogens is 1. The average Bonchev–Trinajstić information content (AvgIpc) is 2.47. The highest BCUT2D eigenvalue weighted by atomic mass is 79.9. The summed E-state index contributed by atoms with van der Waals surface area (Å²) in [5.41, 5.74) is 4.15. The number of aryl methyl sites for hydroxylation is 1. The van der Waals surface area contributed by atoms with Crippen molar-refractivity contribution in [3.05, 3.63) is 57.2 Å². The molecule has 100 valence electrons. The molecule has 1 aromatic carbocycles. The summed E-state index contributed by atoms with van der Waals surface area (Å²) in [5.74, 6) is 0.887. The standard InChI is InChI=1S/C16H14BrN3/c1-11-5-6-16(19-15(11)9-18)20-8-7-13-12(10-20)3-2-4-14(13)17/h2-6H,7-8,10H2,1H3. The summed E-state index contributed by atoms with van der Waals surface area (Å²) in [7, 11) is 0. The molecule has 0 N–H and O–H groups in total. The second-order valence-corrected chi connectivity index (χ2v) is 5.85. The number of nitriles is 1. The molecule has 0 saturated heterocycles. The predicted octanol–water partition coefficient (Wildman–Crippen LogP) is 3.59. The zero-order chi connectivity index (χ0) is 14.1. The zero-order valence-corrected chi connectivity index (χ0v) is 12.8. The Labute approximate surface area is 127 Å². The molecule has 0 atom stereocenters. The predicted molar refractivity (Wildman–Crippen MR) is 82.6 cm³/mol. The maximum Gasteiger partial charge on any atom is 0.145 e. The van der Waals surface area contributed by atoms with Crippen molar-refractivity contribution in [3.8, 4) is 6.07 Å². The summed E-state index contributed by atoms with van der Waals surface area (Å²) in [4.78, 5) is 6.69. The van der Waals surface area contributed by atoms with E-state index >= 15 is 0 Å². The Bertz CT molecular complexity index is 703. The number of hydrogen-bond acceptors (Lipinski definition) is 3. The molecule has 0 unspecified atom stereocenters. The monoisotopic (exact) mass is 327 g/mol. The number of nitrogens with zero attached hydrogens (tertiary/aromatic N) is 3. The Balaban J connectivity index is 1.93. The fourth-order valence-corrected chi connectivity index (χ4v) is 3.17. The first-order chi connectivity index (χ1) is 9.69. The van der Waals surface area contributed by atoms with E-state index in [2.05, 4.69) is 50.1 Å². The lowest BCUT2D eigenvalue weighted by molar-refractivity contribution is 0.717. The van der Waals surface area contributed by atoms with Gasteiger partial charge in [0.15, 0.2) is 0 Å². The molecule has 0 saturated carbocycles. The van der Waals surface area contributed by atoms with Crippen LogP contribution >= 0.6 is 15.9 Å². The van der Waals surface area contributed by atoms with Gasteiger partial charge in [-0.25, -0.2) is 4.98 Å². The van der Waals surface area contributed by atoms with Gasteiger partial charge in [-0.05, 0) is 42.2 Å². The Morgan fingerprint density at radius 1 is 1.30 bits per heavy atom. The molecule has 0 fully saturated rings. The summed E-state index contributed by atoms with van der Waals surface area (Å²) in [6.07, 6.45) is 0.994. The Kier molecular flexibility index (Phi) is 3.45. The van der Waals surface area contributed by atoms with Gasteiger partial charge in [0.2, 0.25) is 0 Å². The van der Waals surface area contributed by atoms with Crippen LogP contribution < -0.4 is 4.90 Å². The molecule has 4 heteroatoms. The topological polar surface area (TPSA) is 39.9 Å². The van der Waals surface area contributed by atoms with Crippen LogP contribution in [0.25, 0.3) is 0 Å². The van der Waals surface area contributed by atoms with Crippen LogP contribution in [-0.4, -0.2) is 11.5 Å². The summed E-state index contributed by atoms with van der Waals surface area (Å²) in [6, 6.07) is 12.4. The number of halogens is 1. The molecule has 1 aliphatic heterocycles. The maximum atomic E-state index is 9.10. The molecule has 1 aromatic heterocycles. The summed E-state index contributed by atoms with van der Waals surface area (Å²) in [5, 5.41) is 9.10. The van der Waals surface area contributed by atoms with Crippen molar-refractivity contribution in [2.75, 3.05) is 11.4 Å². The van der Waals surface area contributed by atoms with E-state index < -0.39 is 0 Å². The molecule has 0 spiro atoms. The molecule has 3 rings (SSSR count). The van der Waals surface area contributed by atoms with Crippen molar-refractivity contribution in [2.24, 2.45) is 0 Å². The van der Waals surface area contributed by atoms with Crippen LogP contribution in [0, 0.1) is 18.3 Å². The first-order valence-corrected chi connectivity index (χ1v) is 7.37. The number of benzene rings is 1. The second kappa shape index (κ2) is 5.26. The highest BCUT2D eigenvalue weighted by Gasteiger charge is 2.19. The third-order valence-electron chi connectivity index (χ3n) is 3.72. The van der Waals surface area contributed by atoms with Gasteiger partial charge in [0.05, 0.1) is 0 Å². The van der Waals surface area contributed by atoms with E-state index in [1.165, 1.54) is 15.6 Å². The van der Waals surface area contributed by atoms with E-state index in [0.717, 1.165) is 30.9 Å². The lowest BCUT2D eigenvalue weighted by atomic mass is 10.00. The third-order valence-corrected chi connectivity index (χ3v) is 4.46. The quantitative estimate of drug-likeness (QED) is 0.803. The molecular formula is C16H14BrN3. The number of pyridine rings is 1. The van der Waals surface area contributed by atoms with Crippen LogP contribution in [0.5, 0.6) is 0 Å². The summed E-state index contributed by atoms with van der Waals surface area (Å²) in [6.45, 7) is 3.68. The van der Waals surface area contributed by atoms with Crippen molar-refractivity contribution in [1.82, 2.24) is 4.98 Å². The van der Waals surface area contributed by atoms with E-state index in [9.17, 15) is 0 Å². The highest BCUT2D eigenvalue weighted by molar-refractivity contribution is 9.10. The van der Waals surface area contributed by atoms with E-state index in [1.54, 1.807) is 0 Å². The normalized spacial score (nSPS) is 13.8. The number of anilines is 1. The molecule has 1 aliphatic rings. The molecule has 2 heterocycles. The fraction of sp³-hybridized carbons (Fsp3) is 0.250. The van der Waals surface area contributed by atoms with E-state index in [0.29, 0.717) is 5.69 Å². The van der Waals surface area contributed by atoms with Gasteiger partial charge in [-0.15, -0.1) is 0 Å². The molecule has 3 nitrogen and oxygen atoms in total. The largest absolute Gasteiger partial charge is 0.352 e. The van der Waals surface area contributed by atoms with Crippen molar-refractivity contribution < 1.29 is 0 Å². The molecule has 0 amide bonds. The number of rotatable bonds is 1. The first-order valence-electron chi connectivity index (χ1n) is 6.58. The van der Waals surface area contributed by atoms with Crippen molar-refractivity contribution in [1.29, 1.82) is 5.26 Å². The van der Waals surface area contributed by atoms with Crippen LogP contribution in [0.4, 0.5) is 5.82 Å². The Morgan fingerprint density at radius 2 is 2.15 bits per heavy atom. The highest BCUT2D eigenvalue weighted by Crippen LogP contribution is 2.28. The third kappa shape index (κ3) is 2.30.